The van der Waals surface area contributed by atoms with E-state index in [1.165, 1.54) is 23.5 Å². The molecule has 2 atom stereocenters. The molecule has 0 bridgehead atoms. The zero-order chi connectivity index (χ0) is 28.9. The van der Waals surface area contributed by atoms with Crippen LogP contribution in [0.1, 0.15) is 59.5 Å². The highest BCUT2D eigenvalue weighted by molar-refractivity contribution is 7.12. The molecule has 210 valence electrons. The Hall–Kier alpha value is -3.21. The Morgan fingerprint density at radius 1 is 1.00 bits per heavy atom. The van der Waals surface area contributed by atoms with Crippen molar-refractivity contribution in [1.29, 1.82) is 0 Å². The number of thiophene rings is 1. The number of halogens is 3. The lowest BCUT2D eigenvalue weighted by molar-refractivity contribution is -0.153. The van der Waals surface area contributed by atoms with E-state index in [0.717, 1.165) is 33.7 Å². The Kier molecular flexibility index (Phi) is 9.93. The van der Waals surface area contributed by atoms with Crippen molar-refractivity contribution in [1.82, 2.24) is 5.32 Å². The molecule has 3 rings (SSSR count). The van der Waals surface area contributed by atoms with Gasteiger partial charge in [-0.05, 0) is 85.3 Å². The SMILES string of the molecule is CCOC(=O)C(=O)CNC(O)c1ccc(C(Oc2cc(C)c(-c3ccc(C(F)(F)F)cc3)c(C)c2)C(C)C)s1. The molecule has 2 N–H and O–H groups in total. The van der Waals surface area contributed by atoms with Crippen molar-refractivity contribution in [2.45, 2.75) is 53.1 Å². The molecule has 0 aliphatic rings. The first-order valence-corrected chi connectivity index (χ1v) is 13.3. The molecule has 0 aliphatic carbocycles. The number of carbonyl (C=O) groups excluding carboxylic acids is 2. The third kappa shape index (κ3) is 7.68. The van der Waals surface area contributed by atoms with E-state index < -0.39 is 29.7 Å². The summed E-state index contributed by atoms with van der Waals surface area (Å²) in [4.78, 5) is 24.7. The number of alkyl halides is 3. The molecule has 10 heteroatoms. The highest BCUT2D eigenvalue weighted by Crippen LogP contribution is 2.38. The minimum absolute atomic E-state index is 0.0715. The van der Waals surface area contributed by atoms with Gasteiger partial charge in [0.2, 0.25) is 0 Å². The average Bonchev–Trinajstić information content (AvgIpc) is 3.35. The van der Waals surface area contributed by atoms with Gasteiger partial charge in [-0.3, -0.25) is 10.1 Å². The molecule has 0 saturated carbocycles. The van der Waals surface area contributed by atoms with Crippen molar-refractivity contribution in [2.24, 2.45) is 5.92 Å². The zero-order valence-electron chi connectivity index (χ0n) is 22.4. The van der Waals surface area contributed by atoms with Crippen LogP contribution in [0.25, 0.3) is 11.1 Å². The summed E-state index contributed by atoms with van der Waals surface area (Å²) in [5, 5.41) is 13.1. The van der Waals surface area contributed by atoms with E-state index in [2.05, 4.69) is 10.1 Å². The molecule has 0 radical (unpaired) electrons. The average molecular weight is 564 g/mol. The summed E-state index contributed by atoms with van der Waals surface area (Å²) >= 11 is 1.32. The normalized spacial score (nSPS) is 13.3. The molecule has 0 amide bonds. The topological polar surface area (TPSA) is 84.9 Å². The number of ether oxygens (including phenoxy) is 2. The predicted octanol–water partition coefficient (Wildman–Crippen LogP) is 6.54. The largest absolute Gasteiger partial charge is 0.485 e. The number of aliphatic hydroxyl groups is 1. The van der Waals surface area contributed by atoms with Gasteiger partial charge in [-0.15, -0.1) is 11.3 Å². The van der Waals surface area contributed by atoms with E-state index in [1.807, 2.05) is 45.9 Å². The number of Topliss-reactive ketones (excluding diaryl/α,β-unsaturated/α-hetero) is 1. The Balaban J connectivity index is 1.75. The fourth-order valence-electron chi connectivity index (χ4n) is 4.18. The van der Waals surface area contributed by atoms with Gasteiger partial charge >= 0.3 is 12.1 Å². The summed E-state index contributed by atoms with van der Waals surface area (Å²) in [6.45, 7) is 9.13. The second-order valence-electron chi connectivity index (χ2n) is 9.46. The first kappa shape index (κ1) is 30.3. The lowest BCUT2D eigenvalue weighted by Crippen LogP contribution is -2.32. The van der Waals surface area contributed by atoms with Gasteiger partial charge in [0.1, 0.15) is 18.1 Å². The maximum absolute atomic E-state index is 13.0. The summed E-state index contributed by atoms with van der Waals surface area (Å²) in [5.74, 6) is -1.04. The molecular formula is C29H32F3NO5S. The van der Waals surface area contributed by atoms with Crippen LogP contribution in [0.15, 0.2) is 48.5 Å². The van der Waals surface area contributed by atoms with E-state index in [9.17, 15) is 27.9 Å². The molecule has 1 aromatic heterocycles. The lowest BCUT2D eigenvalue weighted by atomic mass is 9.94. The van der Waals surface area contributed by atoms with Crippen LogP contribution in [0, 0.1) is 19.8 Å². The first-order chi connectivity index (χ1) is 18.3. The molecule has 0 spiro atoms. The van der Waals surface area contributed by atoms with E-state index in [1.54, 1.807) is 13.0 Å². The number of aliphatic hydroxyl groups excluding tert-OH is 1. The van der Waals surface area contributed by atoms with Crippen LogP contribution in [0.4, 0.5) is 13.2 Å². The summed E-state index contributed by atoms with van der Waals surface area (Å²) in [6, 6.07) is 12.4. The van der Waals surface area contributed by atoms with Crippen molar-refractivity contribution >= 4 is 23.1 Å². The van der Waals surface area contributed by atoms with E-state index in [-0.39, 0.29) is 25.2 Å². The van der Waals surface area contributed by atoms with Gasteiger partial charge in [0.05, 0.1) is 18.7 Å². The maximum Gasteiger partial charge on any atom is 0.416 e. The molecule has 2 aromatic carbocycles. The number of ketones is 1. The van der Waals surface area contributed by atoms with Crippen molar-refractivity contribution in [3.8, 4) is 16.9 Å². The standard InChI is InChI=1S/C29H32F3NO5S/c1-6-37-28(36)22(34)15-33-27(35)24-12-11-23(39-24)26(16(2)3)38-21-13-17(4)25(18(5)14-21)19-7-9-20(10-8-19)29(30,31)32/h7-14,16,26-27,33,35H,6,15H2,1-5H3. The van der Waals surface area contributed by atoms with Crippen molar-refractivity contribution in [3.63, 3.8) is 0 Å². The second kappa shape index (κ2) is 12.8. The smallest absolute Gasteiger partial charge is 0.416 e. The number of benzene rings is 2. The van der Waals surface area contributed by atoms with Crippen LogP contribution in [0.3, 0.4) is 0 Å². The number of esters is 1. The highest BCUT2D eigenvalue weighted by atomic mass is 32.1. The molecule has 39 heavy (non-hydrogen) atoms. The maximum atomic E-state index is 13.0. The van der Waals surface area contributed by atoms with Crippen LogP contribution < -0.4 is 10.1 Å². The van der Waals surface area contributed by atoms with Crippen LogP contribution in [0.5, 0.6) is 5.75 Å². The van der Waals surface area contributed by atoms with Crippen molar-refractivity contribution in [2.75, 3.05) is 13.2 Å². The third-order valence-electron chi connectivity index (χ3n) is 6.03. The van der Waals surface area contributed by atoms with E-state index in [0.29, 0.717) is 16.2 Å². The van der Waals surface area contributed by atoms with Gasteiger partial charge in [-0.2, -0.15) is 13.2 Å². The fourth-order valence-corrected chi connectivity index (χ4v) is 5.36. The number of nitrogens with one attached hydrogen (secondary N) is 1. The summed E-state index contributed by atoms with van der Waals surface area (Å²) < 4.78 is 49.9. The third-order valence-corrected chi connectivity index (χ3v) is 7.23. The van der Waals surface area contributed by atoms with Crippen molar-refractivity contribution in [3.05, 3.63) is 75.0 Å². The minimum atomic E-state index is -4.39. The van der Waals surface area contributed by atoms with Crippen LogP contribution >= 0.6 is 11.3 Å². The molecule has 0 aliphatic heterocycles. The summed E-state index contributed by atoms with van der Waals surface area (Å²) in [5.41, 5.74) is 2.58. The second-order valence-corrected chi connectivity index (χ2v) is 10.6. The predicted molar refractivity (Wildman–Crippen MR) is 143 cm³/mol. The fraction of sp³-hybridized carbons (Fsp3) is 0.379. The molecule has 6 nitrogen and oxygen atoms in total. The molecule has 3 aromatic rings. The number of hydrogen-bond donors (Lipinski definition) is 2. The summed E-state index contributed by atoms with van der Waals surface area (Å²) in [7, 11) is 0. The van der Waals surface area contributed by atoms with Gasteiger partial charge in [-0.1, -0.05) is 26.0 Å². The molecular weight excluding hydrogens is 531 g/mol. The molecule has 2 unspecified atom stereocenters. The zero-order valence-corrected chi connectivity index (χ0v) is 23.2. The van der Waals surface area contributed by atoms with E-state index >= 15 is 0 Å². The highest BCUT2D eigenvalue weighted by Gasteiger charge is 2.30. The van der Waals surface area contributed by atoms with Crippen molar-refractivity contribution < 1.29 is 37.3 Å². The van der Waals surface area contributed by atoms with Gasteiger partial charge in [0, 0.05) is 9.75 Å². The number of aryl methyl sites for hydroxylation is 2. The molecule has 0 fully saturated rings. The lowest BCUT2D eigenvalue weighted by Gasteiger charge is -2.23. The monoisotopic (exact) mass is 563 g/mol. The molecule has 1 heterocycles. The molecule has 0 saturated heterocycles. The minimum Gasteiger partial charge on any atom is -0.485 e. The van der Waals surface area contributed by atoms with Gasteiger partial charge in [0.15, 0.2) is 0 Å². The first-order valence-electron chi connectivity index (χ1n) is 12.5. The Morgan fingerprint density at radius 3 is 2.13 bits per heavy atom. The van der Waals surface area contributed by atoms with Crippen LogP contribution in [0.2, 0.25) is 0 Å². The quantitative estimate of drug-likeness (QED) is 0.157. The Bertz CT molecular complexity index is 1280. The Labute approximate surface area is 229 Å². The van der Waals surface area contributed by atoms with E-state index in [4.69, 9.17) is 4.74 Å². The van der Waals surface area contributed by atoms with Crippen LogP contribution in [-0.4, -0.2) is 30.0 Å². The van der Waals surface area contributed by atoms with Crippen LogP contribution in [-0.2, 0) is 20.5 Å². The van der Waals surface area contributed by atoms with Gasteiger partial charge in [0.25, 0.3) is 5.78 Å². The Morgan fingerprint density at radius 2 is 1.59 bits per heavy atom. The summed E-state index contributed by atoms with van der Waals surface area (Å²) in [6.07, 6.45) is -5.88. The van der Waals surface area contributed by atoms with Gasteiger partial charge in [-0.25, -0.2) is 4.79 Å². The number of carbonyl (C=O) groups is 2. The number of hydrogen-bond acceptors (Lipinski definition) is 7. The van der Waals surface area contributed by atoms with Gasteiger partial charge < -0.3 is 14.6 Å². The number of rotatable bonds is 11.